The smallest absolute Gasteiger partial charge is 0.262 e. The molecule has 25 heavy (non-hydrogen) atoms. The average molecular weight is 354 g/mol. The van der Waals surface area contributed by atoms with Gasteiger partial charge in [0.25, 0.3) is 5.56 Å². The summed E-state index contributed by atoms with van der Waals surface area (Å²) in [7, 11) is 0. The second kappa shape index (κ2) is 6.68. The predicted molar refractivity (Wildman–Crippen MR) is 100 cm³/mol. The van der Waals surface area contributed by atoms with E-state index in [-0.39, 0.29) is 18.0 Å². The molecule has 1 aliphatic rings. The topological polar surface area (TPSA) is 67.2 Å². The Morgan fingerprint density at radius 1 is 1.16 bits per heavy atom. The first-order valence-electron chi connectivity index (χ1n) is 8.28. The maximum Gasteiger partial charge on any atom is 0.262 e. The normalized spacial score (nSPS) is 14.2. The Labute approximate surface area is 148 Å². The van der Waals surface area contributed by atoms with Crippen LogP contribution in [0, 0.1) is 0 Å². The third-order valence-electron chi connectivity index (χ3n) is 4.39. The Bertz CT molecular complexity index is 955. The Kier molecular flexibility index (Phi) is 4.23. The molecular weight excluding hydrogens is 336 g/mol. The summed E-state index contributed by atoms with van der Waals surface area (Å²) in [5.74, 6) is -0.243. The number of amides is 1. The van der Waals surface area contributed by atoms with E-state index in [0.29, 0.717) is 10.2 Å². The number of nitrogens with zero attached hydrogens (tertiary/aromatic N) is 3. The van der Waals surface area contributed by atoms with Gasteiger partial charge in [-0.2, -0.15) is 0 Å². The van der Waals surface area contributed by atoms with E-state index in [4.69, 9.17) is 0 Å². The van der Waals surface area contributed by atoms with Crippen molar-refractivity contribution in [3.8, 4) is 0 Å². The van der Waals surface area contributed by atoms with Crippen LogP contribution >= 0.6 is 11.3 Å². The zero-order valence-corrected chi connectivity index (χ0v) is 14.5. The van der Waals surface area contributed by atoms with Crippen LogP contribution in [0.25, 0.3) is 10.2 Å². The Balaban J connectivity index is 1.44. The number of hydrogen-bond donors (Lipinski definition) is 1. The molecule has 1 fully saturated rings. The van der Waals surface area contributed by atoms with Crippen molar-refractivity contribution in [1.82, 2.24) is 9.55 Å². The van der Waals surface area contributed by atoms with E-state index in [1.165, 1.54) is 40.8 Å². The molecule has 1 aromatic carbocycles. The van der Waals surface area contributed by atoms with Crippen LogP contribution in [0.3, 0.4) is 0 Å². The molecule has 128 valence electrons. The van der Waals surface area contributed by atoms with Crippen LogP contribution in [0.2, 0.25) is 0 Å². The molecule has 0 aliphatic carbocycles. The fraction of sp³-hybridized carbons (Fsp3) is 0.278. The molecule has 0 bridgehead atoms. The van der Waals surface area contributed by atoms with E-state index >= 15 is 0 Å². The molecule has 2 aromatic heterocycles. The maximum atomic E-state index is 12.3. The van der Waals surface area contributed by atoms with Crippen LogP contribution in [0.5, 0.6) is 0 Å². The largest absolute Gasteiger partial charge is 0.372 e. The average Bonchev–Trinajstić information content (AvgIpc) is 3.30. The molecule has 6 nitrogen and oxygen atoms in total. The summed E-state index contributed by atoms with van der Waals surface area (Å²) in [6.45, 7) is 2.13. The Morgan fingerprint density at radius 3 is 2.68 bits per heavy atom. The van der Waals surface area contributed by atoms with Crippen LogP contribution in [0.4, 0.5) is 11.4 Å². The van der Waals surface area contributed by atoms with Gasteiger partial charge in [-0.1, -0.05) is 0 Å². The van der Waals surface area contributed by atoms with E-state index in [1.807, 2.05) is 29.6 Å². The van der Waals surface area contributed by atoms with Crippen molar-refractivity contribution in [2.75, 3.05) is 23.3 Å². The van der Waals surface area contributed by atoms with Crippen molar-refractivity contribution >= 4 is 38.8 Å². The lowest BCUT2D eigenvalue weighted by molar-refractivity contribution is -0.116. The highest BCUT2D eigenvalue weighted by Gasteiger charge is 2.13. The fourth-order valence-corrected chi connectivity index (χ4v) is 3.82. The van der Waals surface area contributed by atoms with Gasteiger partial charge in [0.15, 0.2) is 0 Å². The highest BCUT2D eigenvalue weighted by Crippen LogP contribution is 2.22. The molecule has 1 saturated heterocycles. The summed E-state index contributed by atoms with van der Waals surface area (Å²) in [6.07, 6.45) is 3.89. The highest BCUT2D eigenvalue weighted by atomic mass is 32.1. The molecule has 1 aliphatic heterocycles. The molecule has 0 radical (unpaired) electrons. The molecule has 1 N–H and O–H groups in total. The number of benzene rings is 1. The second-order valence-electron chi connectivity index (χ2n) is 6.11. The third-order valence-corrected chi connectivity index (χ3v) is 5.21. The Hall–Kier alpha value is -2.67. The fourth-order valence-electron chi connectivity index (χ4n) is 3.09. The maximum absolute atomic E-state index is 12.3. The molecule has 4 rings (SSSR count). The van der Waals surface area contributed by atoms with Crippen LogP contribution in [0.1, 0.15) is 12.8 Å². The quantitative estimate of drug-likeness (QED) is 0.782. The van der Waals surface area contributed by atoms with Gasteiger partial charge in [0.1, 0.15) is 11.4 Å². The number of hydrogen-bond acceptors (Lipinski definition) is 5. The van der Waals surface area contributed by atoms with Crippen molar-refractivity contribution in [3.63, 3.8) is 0 Å². The minimum Gasteiger partial charge on any atom is -0.372 e. The summed E-state index contributed by atoms with van der Waals surface area (Å²) in [4.78, 5) is 31.8. The number of aromatic nitrogens is 2. The first-order valence-corrected chi connectivity index (χ1v) is 9.16. The van der Waals surface area contributed by atoms with Crippen LogP contribution in [-0.4, -0.2) is 28.5 Å². The minimum absolute atomic E-state index is 0.0501. The van der Waals surface area contributed by atoms with E-state index in [1.54, 1.807) is 6.07 Å². The molecule has 1 amide bonds. The number of carbonyl (C=O) groups is 1. The minimum atomic E-state index is -0.243. The summed E-state index contributed by atoms with van der Waals surface area (Å²) in [6, 6.07) is 9.57. The van der Waals surface area contributed by atoms with Crippen LogP contribution < -0.4 is 15.8 Å². The Morgan fingerprint density at radius 2 is 1.92 bits per heavy atom. The molecular formula is C18H18N4O2S. The number of fused-ring (bicyclic) bond motifs is 1. The number of carbonyl (C=O) groups excluding carboxylic acids is 1. The highest BCUT2D eigenvalue weighted by molar-refractivity contribution is 7.16. The lowest BCUT2D eigenvalue weighted by Gasteiger charge is -2.17. The zero-order chi connectivity index (χ0) is 17.2. The molecule has 0 unspecified atom stereocenters. The van der Waals surface area contributed by atoms with Gasteiger partial charge < -0.3 is 10.2 Å². The molecule has 0 saturated carbocycles. The van der Waals surface area contributed by atoms with Gasteiger partial charge in [0, 0.05) is 24.5 Å². The zero-order valence-electron chi connectivity index (χ0n) is 13.6. The number of thiophene rings is 1. The lowest BCUT2D eigenvalue weighted by Crippen LogP contribution is -2.27. The summed E-state index contributed by atoms with van der Waals surface area (Å²) in [5.41, 5.74) is 1.72. The van der Waals surface area contributed by atoms with E-state index < -0.39 is 0 Å². The summed E-state index contributed by atoms with van der Waals surface area (Å²) < 4.78 is 1.34. The lowest BCUT2D eigenvalue weighted by atomic mass is 10.2. The van der Waals surface area contributed by atoms with E-state index in [2.05, 4.69) is 15.2 Å². The van der Waals surface area contributed by atoms with Crippen molar-refractivity contribution in [1.29, 1.82) is 0 Å². The molecule has 0 spiro atoms. The van der Waals surface area contributed by atoms with Crippen LogP contribution in [-0.2, 0) is 11.3 Å². The number of rotatable bonds is 4. The first-order chi connectivity index (χ1) is 12.2. The van der Waals surface area contributed by atoms with Crippen molar-refractivity contribution in [2.45, 2.75) is 19.4 Å². The second-order valence-corrected chi connectivity index (χ2v) is 7.00. The van der Waals surface area contributed by atoms with E-state index in [0.717, 1.165) is 18.8 Å². The van der Waals surface area contributed by atoms with Gasteiger partial charge in [0.2, 0.25) is 5.91 Å². The van der Waals surface area contributed by atoms with Gasteiger partial charge in [-0.3, -0.25) is 14.2 Å². The van der Waals surface area contributed by atoms with Gasteiger partial charge in [-0.25, -0.2) is 4.98 Å². The standard InChI is InChI=1S/C18H18N4O2S/c23-16(11-22-12-19-17-15(18(22)24)7-10-25-17)20-13-3-5-14(6-4-13)21-8-1-2-9-21/h3-7,10,12H,1-2,8-9,11H2,(H,20,23). The van der Waals surface area contributed by atoms with Gasteiger partial charge in [-0.05, 0) is 48.6 Å². The van der Waals surface area contributed by atoms with Gasteiger partial charge >= 0.3 is 0 Å². The van der Waals surface area contributed by atoms with Crippen molar-refractivity contribution in [2.24, 2.45) is 0 Å². The summed E-state index contributed by atoms with van der Waals surface area (Å²) in [5, 5.41) is 5.21. The van der Waals surface area contributed by atoms with Gasteiger partial charge in [-0.15, -0.1) is 11.3 Å². The first kappa shape index (κ1) is 15.8. The monoisotopic (exact) mass is 354 g/mol. The SMILES string of the molecule is O=C(Cn1cnc2sccc2c1=O)Nc1ccc(N2CCCC2)cc1. The molecule has 0 atom stereocenters. The van der Waals surface area contributed by atoms with Crippen molar-refractivity contribution in [3.05, 3.63) is 52.4 Å². The molecule has 3 heterocycles. The van der Waals surface area contributed by atoms with Crippen molar-refractivity contribution < 1.29 is 4.79 Å². The summed E-state index contributed by atoms with van der Waals surface area (Å²) >= 11 is 1.41. The third kappa shape index (κ3) is 3.28. The van der Waals surface area contributed by atoms with Gasteiger partial charge in [0.05, 0.1) is 11.7 Å². The van der Waals surface area contributed by atoms with Crippen LogP contribution in [0.15, 0.2) is 46.8 Å². The number of nitrogens with one attached hydrogen (secondary N) is 1. The van der Waals surface area contributed by atoms with E-state index in [9.17, 15) is 9.59 Å². The number of anilines is 2. The molecule has 3 aromatic rings. The predicted octanol–water partition coefficient (Wildman–Crippen LogP) is 2.70. The molecule has 7 heteroatoms.